The van der Waals surface area contributed by atoms with E-state index < -0.39 is 6.10 Å². The zero-order valence-electron chi connectivity index (χ0n) is 6.90. The summed E-state index contributed by atoms with van der Waals surface area (Å²) in [7, 11) is 0. The Hall–Kier alpha value is -1.27. The lowest BCUT2D eigenvalue weighted by Crippen LogP contribution is -2.08. The van der Waals surface area contributed by atoms with E-state index in [1.165, 1.54) is 12.5 Å². The fourth-order valence-electron chi connectivity index (χ4n) is 1.06. The molecule has 0 amide bonds. The first-order chi connectivity index (χ1) is 5.79. The van der Waals surface area contributed by atoms with Crippen LogP contribution < -0.4 is 0 Å². The summed E-state index contributed by atoms with van der Waals surface area (Å²) in [5, 5.41) is 18.2. The Bertz CT molecular complexity index is 261. The molecule has 3 nitrogen and oxygen atoms in total. The Labute approximate surface area is 71.2 Å². The molecule has 1 heterocycles. The molecule has 1 N–H and O–H groups in total. The molecule has 0 aromatic carbocycles. The number of furan rings is 1. The minimum Gasteiger partial charge on any atom is -0.472 e. The maximum atomic E-state index is 9.59. The predicted octanol–water partition coefficient (Wildman–Crippen LogP) is 1.86. The molecule has 12 heavy (non-hydrogen) atoms. The SMILES string of the molecule is CCC(C#N)C(O)c1ccoc1. The Balaban J connectivity index is 2.71. The number of aliphatic hydroxyl groups is 1. The first kappa shape index (κ1) is 8.82. The zero-order valence-corrected chi connectivity index (χ0v) is 6.90. The summed E-state index contributed by atoms with van der Waals surface area (Å²) in [6.07, 6.45) is 2.87. The molecule has 0 fully saturated rings. The van der Waals surface area contributed by atoms with Gasteiger partial charge in [0, 0.05) is 5.56 Å². The quantitative estimate of drug-likeness (QED) is 0.743. The second-order valence-electron chi connectivity index (χ2n) is 2.65. The van der Waals surface area contributed by atoms with Crippen LogP contribution in [0.15, 0.2) is 23.0 Å². The first-order valence-electron chi connectivity index (χ1n) is 3.89. The van der Waals surface area contributed by atoms with Gasteiger partial charge in [0.15, 0.2) is 0 Å². The first-order valence-corrected chi connectivity index (χ1v) is 3.89. The van der Waals surface area contributed by atoms with Crippen LogP contribution in [0, 0.1) is 17.2 Å². The van der Waals surface area contributed by atoms with Gasteiger partial charge in [0.25, 0.3) is 0 Å². The van der Waals surface area contributed by atoms with Crippen molar-refractivity contribution in [2.45, 2.75) is 19.4 Å². The van der Waals surface area contributed by atoms with Crippen LogP contribution in [0.1, 0.15) is 25.0 Å². The van der Waals surface area contributed by atoms with Crippen LogP contribution in [0.25, 0.3) is 0 Å². The van der Waals surface area contributed by atoms with Crippen molar-refractivity contribution in [1.82, 2.24) is 0 Å². The Morgan fingerprint density at radius 1 is 1.75 bits per heavy atom. The standard InChI is InChI=1S/C9H11NO2/c1-2-7(5-10)9(11)8-3-4-12-6-8/h3-4,6-7,9,11H,2H2,1H3. The van der Waals surface area contributed by atoms with E-state index in [9.17, 15) is 5.11 Å². The van der Waals surface area contributed by atoms with E-state index in [1.807, 2.05) is 13.0 Å². The van der Waals surface area contributed by atoms with Gasteiger partial charge in [-0.2, -0.15) is 5.26 Å². The van der Waals surface area contributed by atoms with E-state index in [2.05, 4.69) is 0 Å². The molecule has 0 radical (unpaired) electrons. The largest absolute Gasteiger partial charge is 0.472 e. The molecule has 0 aliphatic carbocycles. The summed E-state index contributed by atoms with van der Waals surface area (Å²) in [6.45, 7) is 1.87. The third-order valence-corrected chi connectivity index (χ3v) is 1.87. The van der Waals surface area contributed by atoms with Gasteiger partial charge in [0.05, 0.1) is 30.6 Å². The molecule has 0 bridgehead atoms. The molecule has 64 valence electrons. The zero-order chi connectivity index (χ0) is 8.97. The summed E-state index contributed by atoms with van der Waals surface area (Å²) in [4.78, 5) is 0. The van der Waals surface area contributed by atoms with Crippen LogP contribution in [0.5, 0.6) is 0 Å². The van der Waals surface area contributed by atoms with Crippen molar-refractivity contribution in [3.63, 3.8) is 0 Å². The second kappa shape index (κ2) is 3.93. The topological polar surface area (TPSA) is 57.2 Å². The maximum Gasteiger partial charge on any atom is 0.0978 e. The molecule has 2 unspecified atom stereocenters. The minimum absolute atomic E-state index is 0.345. The molecule has 0 spiro atoms. The third kappa shape index (κ3) is 1.66. The van der Waals surface area contributed by atoms with Crippen molar-refractivity contribution in [3.05, 3.63) is 24.2 Å². The Kier molecular flexibility index (Phi) is 2.89. The summed E-state index contributed by atoms with van der Waals surface area (Å²) in [5.41, 5.74) is 0.670. The van der Waals surface area contributed by atoms with E-state index in [4.69, 9.17) is 9.68 Å². The van der Waals surface area contributed by atoms with Crippen molar-refractivity contribution < 1.29 is 9.52 Å². The van der Waals surface area contributed by atoms with Crippen molar-refractivity contribution in [2.24, 2.45) is 5.92 Å². The Morgan fingerprint density at radius 3 is 2.92 bits per heavy atom. The predicted molar refractivity (Wildman–Crippen MR) is 43.1 cm³/mol. The fourth-order valence-corrected chi connectivity index (χ4v) is 1.06. The molecule has 1 aromatic rings. The van der Waals surface area contributed by atoms with Crippen molar-refractivity contribution in [1.29, 1.82) is 5.26 Å². The van der Waals surface area contributed by atoms with E-state index in [0.29, 0.717) is 12.0 Å². The van der Waals surface area contributed by atoms with Gasteiger partial charge in [-0.3, -0.25) is 0 Å². The van der Waals surface area contributed by atoms with Crippen LogP contribution in [0.3, 0.4) is 0 Å². The highest BCUT2D eigenvalue weighted by atomic mass is 16.3. The molecular formula is C9H11NO2. The average Bonchev–Trinajstić information content (AvgIpc) is 2.58. The van der Waals surface area contributed by atoms with Crippen LogP contribution in [-0.4, -0.2) is 5.11 Å². The molecular weight excluding hydrogens is 154 g/mol. The van der Waals surface area contributed by atoms with Crippen molar-refractivity contribution >= 4 is 0 Å². The number of aliphatic hydroxyl groups excluding tert-OH is 1. The maximum absolute atomic E-state index is 9.59. The molecule has 0 saturated heterocycles. The highest BCUT2D eigenvalue weighted by Crippen LogP contribution is 2.23. The monoisotopic (exact) mass is 165 g/mol. The summed E-state index contributed by atoms with van der Waals surface area (Å²) in [5.74, 6) is -0.345. The van der Waals surface area contributed by atoms with Gasteiger partial charge >= 0.3 is 0 Å². The smallest absolute Gasteiger partial charge is 0.0978 e. The van der Waals surface area contributed by atoms with Crippen molar-refractivity contribution in [2.75, 3.05) is 0 Å². The van der Waals surface area contributed by atoms with Crippen LogP contribution in [-0.2, 0) is 0 Å². The number of nitriles is 1. The number of hydrogen-bond acceptors (Lipinski definition) is 3. The number of nitrogens with zero attached hydrogens (tertiary/aromatic N) is 1. The fraction of sp³-hybridized carbons (Fsp3) is 0.444. The lowest BCUT2D eigenvalue weighted by Gasteiger charge is -2.11. The van der Waals surface area contributed by atoms with Gasteiger partial charge in [-0.25, -0.2) is 0 Å². The summed E-state index contributed by atoms with van der Waals surface area (Å²) in [6, 6.07) is 3.72. The summed E-state index contributed by atoms with van der Waals surface area (Å²) >= 11 is 0. The lowest BCUT2D eigenvalue weighted by atomic mass is 9.97. The normalized spacial score (nSPS) is 15.1. The minimum atomic E-state index is -0.723. The molecule has 1 aromatic heterocycles. The Morgan fingerprint density at radius 2 is 2.50 bits per heavy atom. The van der Waals surface area contributed by atoms with Gasteiger partial charge in [0.2, 0.25) is 0 Å². The van der Waals surface area contributed by atoms with E-state index >= 15 is 0 Å². The lowest BCUT2D eigenvalue weighted by molar-refractivity contribution is 0.132. The summed E-state index contributed by atoms with van der Waals surface area (Å²) < 4.78 is 4.81. The third-order valence-electron chi connectivity index (χ3n) is 1.87. The molecule has 0 saturated carbocycles. The van der Waals surface area contributed by atoms with E-state index in [-0.39, 0.29) is 5.92 Å². The second-order valence-corrected chi connectivity index (χ2v) is 2.65. The van der Waals surface area contributed by atoms with E-state index in [0.717, 1.165) is 0 Å². The molecule has 0 aliphatic heterocycles. The molecule has 1 rings (SSSR count). The molecule has 3 heteroatoms. The van der Waals surface area contributed by atoms with Gasteiger partial charge < -0.3 is 9.52 Å². The number of hydrogen-bond donors (Lipinski definition) is 1. The molecule has 0 aliphatic rings. The van der Waals surface area contributed by atoms with Crippen LogP contribution in [0.2, 0.25) is 0 Å². The highest BCUT2D eigenvalue weighted by Gasteiger charge is 2.19. The van der Waals surface area contributed by atoms with Gasteiger partial charge in [0.1, 0.15) is 0 Å². The van der Waals surface area contributed by atoms with Gasteiger partial charge in [-0.1, -0.05) is 6.92 Å². The average molecular weight is 165 g/mol. The van der Waals surface area contributed by atoms with Crippen LogP contribution in [0.4, 0.5) is 0 Å². The number of rotatable bonds is 3. The van der Waals surface area contributed by atoms with E-state index in [1.54, 1.807) is 6.07 Å². The van der Waals surface area contributed by atoms with Crippen LogP contribution >= 0.6 is 0 Å². The van der Waals surface area contributed by atoms with Gasteiger partial charge in [-0.15, -0.1) is 0 Å². The highest BCUT2D eigenvalue weighted by molar-refractivity contribution is 5.12. The van der Waals surface area contributed by atoms with Gasteiger partial charge in [-0.05, 0) is 12.5 Å². The molecule has 2 atom stereocenters. The van der Waals surface area contributed by atoms with Crippen molar-refractivity contribution in [3.8, 4) is 6.07 Å².